The van der Waals surface area contributed by atoms with Gasteiger partial charge in [0.05, 0.1) is 10.9 Å². The fourth-order valence-corrected chi connectivity index (χ4v) is 4.08. The Morgan fingerprint density at radius 2 is 1.76 bits per heavy atom. The zero-order valence-electron chi connectivity index (χ0n) is 16.0. The zero-order chi connectivity index (χ0) is 21.6. The van der Waals surface area contributed by atoms with E-state index in [2.05, 4.69) is 5.32 Å². The normalized spacial score (nSPS) is 25.3. The van der Waals surface area contributed by atoms with E-state index < -0.39 is 35.7 Å². The van der Waals surface area contributed by atoms with Crippen molar-refractivity contribution in [2.75, 3.05) is 0 Å². The van der Waals surface area contributed by atoms with E-state index in [1.54, 1.807) is 29.6 Å². The van der Waals surface area contributed by atoms with Crippen LogP contribution in [0.15, 0.2) is 41.8 Å². The summed E-state index contributed by atoms with van der Waals surface area (Å²) in [4.78, 5) is 25.1. The Balaban J connectivity index is 2.11. The number of hydrogen-bond donors (Lipinski definition) is 3. The van der Waals surface area contributed by atoms with Gasteiger partial charge in [0.1, 0.15) is 5.92 Å². The molecule has 0 unspecified atom stereocenters. The number of urea groups is 1. The third kappa shape index (κ3) is 3.89. The van der Waals surface area contributed by atoms with Gasteiger partial charge in [-0.25, -0.2) is 4.79 Å². The molecule has 0 spiro atoms. The van der Waals surface area contributed by atoms with Crippen LogP contribution in [0.3, 0.4) is 0 Å². The van der Waals surface area contributed by atoms with Crippen LogP contribution in [-0.2, 0) is 5.41 Å². The summed E-state index contributed by atoms with van der Waals surface area (Å²) in [7, 11) is 0. The van der Waals surface area contributed by atoms with Gasteiger partial charge in [-0.3, -0.25) is 4.79 Å². The first kappa shape index (κ1) is 21.3. The van der Waals surface area contributed by atoms with Crippen molar-refractivity contribution in [3.8, 4) is 0 Å². The number of hydrogen-bond acceptors (Lipinski definition) is 4. The Labute approximate surface area is 169 Å². The number of ketones is 1. The SMILES string of the molecule is CC(C)(C)c1ccc([C@H]2NC(=O)N[C@@](O)(C(F)(F)F)[C@H]2C(=O)c2cccs2)cc1. The molecule has 1 aromatic heterocycles. The average Bonchev–Trinajstić information content (AvgIpc) is 3.13. The van der Waals surface area contributed by atoms with E-state index in [0.717, 1.165) is 16.9 Å². The second-order valence-electron chi connectivity index (χ2n) is 8.03. The predicted molar refractivity (Wildman–Crippen MR) is 103 cm³/mol. The van der Waals surface area contributed by atoms with Crippen molar-refractivity contribution in [2.45, 2.75) is 44.1 Å². The first-order chi connectivity index (χ1) is 13.3. The maximum Gasteiger partial charge on any atom is 0.437 e. The molecule has 3 rings (SSSR count). The molecule has 0 bridgehead atoms. The number of carbonyl (C=O) groups excluding carboxylic acids is 2. The number of rotatable bonds is 3. The molecule has 2 amide bonds. The van der Waals surface area contributed by atoms with Gasteiger partial charge in [-0.15, -0.1) is 11.3 Å². The summed E-state index contributed by atoms with van der Waals surface area (Å²) in [6.45, 7) is 5.96. The van der Waals surface area contributed by atoms with Gasteiger partial charge in [-0.05, 0) is 28.0 Å². The van der Waals surface area contributed by atoms with Crippen LogP contribution in [0.4, 0.5) is 18.0 Å². The minimum Gasteiger partial charge on any atom is -0.363 e. The summed E-state index contributed by atoms with van der Waals surface area (Å²) < 4.78 is 41.5. The first-order valence-electron chi connectivity index (χ1n) is 8.90. The Kier molecular flexibility index (Phi) is 5.25. The van der Waals surface area contributed by atoms with Gasteiger partial charge in [-0.1, -0.05) is 51.1 Å². The molecular formula is C20H21F3N2O3S. The third-order valence-electron chi connectivity index (χ3n) is 4.99. The molecule has 1 aliphatic rings. The van der Waals surface area contributed by atoms with Gasteiger partial charge in [0.25, 0.3) is 0 Å². The lowest BCUT2D eigenvalue weighted by Crippen LogP contribution is -2.72. The number of nitrogens with one attached hydrogen (secondary N) is 2. The fourth-order valence-electron chi connectivity index (χ4n) is 3.38. The lowest BCUT2D eigenvalue weighted by Gasteiger charge is -2.45. The minimum absolute atomic E-state index is 0.0620. The van der Waals surface area contributed by atoms with E-state index in [-0.39, 0.29) is 10.3 Å². The minimum atomic E-state index is -5.26. The van der Waals surface area contributed by atoms with Crippen LogP contribution >= 0.6 is 11.3 Å². The smallest absolute Gasteiger partial charge is 0.363 e. The van der Waals surface area contributed by atoms with Crippen LogP contribution in [-0.4, -0.2) is 28.8 Å². The van der Waals surface area contributed by atoms with Gasteiger partial charge in [0, 0.05) is 0 Å². The molecule has 0 aliphatic carbocycles. The number of Topliss-reactive ketones (excluding diaryl/α,β-unsaturated/α-hetero) is 1. The van der Waals surface area contributed by atoms with Crippen molar-refractivity contribution in [2.24, 2.45) is 5.92 Å². The topological polar surface area (TPSA) is 78.4 Å². The highest BCUT2D eigenvalue weighted by molar-refractivity contribution is 7.12. The van der Waals surface area contributed by atoms with Gasteiger partial charge in [0.15, 0.2) is 5.78 Å². The van der Waals surface area contributed by atoms with Crippen LogP contribution in [0.5, 0.6) is 0 Å². The molecule has 1 saturated heterocycles. The van der Waals surface area contributed by atoms with Crippen LogP contribution in [0.2, 0.25) is 0 Å². The number of halogens is 3. The Bertz CT molecular complexity index is 905. The molecule has 29 heavy (non-hydrogen) atoms. The van der Waals surface area contributed by atoms with Crippen molar-refractivity contribution < 1.29 is 27.9 Å². The number of amides is 2. The van der Waals surface area contributed by atoms with Crippen LogP contribution in [0, 0.1) is 5.92 Å². The molecule has 0 radical (unpaired) electrons. The summed E-state index contributed by atoms with van der Waals surface area (Å²) >= 11 is 0.971. The maximum absolute atomic E-state index is 13.8. The molecule has 1 aliphatic heterocycles. The molecule has 156 valence electrons. The summed E-state index contributed by atoms with van der Waals surface area (Å²) in [5.41, 5.74) is -2.65. The zero-order valence-corrected chi connectivity index (χ0v) is 16.8. The van der Waals surface area contributed by atoms with Crippen molar-refractivity contribution in [3.63, 3.8) is 0 Å². The Morgan fingerprint density at radius 3 is 2.24 bits per heavy atom. The highest BCUT2D eigenvalue weighted by atomic mass is 32.1. The van der Waals surface area contributed by atoms with E-state index in [1.807, 2.05) is 20.8 Å². The molecule has 0 saturated carbocycles. The van der Waals surface area contributed by atoms with E-state index >= 15 is 0 Å². The fraction of sp³-hybridized carbons (Fsp3) is 0.400. The third-order valence-corrected chi connectivity index (χ3v) is 5.87. The van der Waals surface area contributed by atoms with Crippen LogP contribution < -0.4 is 10.6 Å². The van der Waals surface area contributed by atoms with Gasteiger partial charge in [0.2, 0.25) is 5.72 Å². The Morgan fingerprint density at radius 1 is 1.14 bits per heavy atom. The number of thiophene rings is 1. The number of benzene rings is 1. The summed E-state index contributed by atoms with van der Waals surface area (Å²) in [5, 5.41) is 16.0. The highest BCUT2D eigenvalue weighted by Crippen LogP contribution is 2.44. The average molecular weight is 426 g/mol. The van der Waals surface area contributed by atoms with Crippen LogP contribution in [0.1, 0.15) is 47.6 Å². The van der Waals surface area contributed by atoms with Crippen LogP contribution in [0.25, 0.3) is 0 Å². The maximum atomic E-state index is 13.8. The molecule has 3 atom stereocenters. The summed E-state index contributed by atoms with van der Waals surface area (Å²) in [6, 6.07) is 6.98. The molecule has 1 fully saturated rings. The van der Waals surface area contributed by atoms with Gasteiger partial charge >= 0.3 is 12.2 Å². The predicted octanol–water partition coefficient (Wildman–Crippen LogP) is 4.15. The van der Waals surface area contributed by atoms with E-state index in [4.69, 9.17) is 0 Å². The summed E-state index contributed by atoms with van der Waals surface area (Å²) in [5.74, 6) is -2.91. The molecule has 5 nitrogen and oxygen atoms in total. The quantitative estimate of drug-likeness (QED) is 0.646. The van der Waals surface area contributed by atoms with E-state index in [1.165, 1.54) is 17.4 Å². The lowest BCUT2D eigenvalue weighted by atomic mass is 9.78. The summed E-state index contributed by atoms with van der Waals surface area (Å²) in [6.07, 6.45) is -5.26. The highest BCUT2D eigenvalue weighted by Gasteiger charge is 2.66. The molecule has 2 aromatic rings. The first-order valence-corrected chi connectivity index (χ1v) is 9.78. The molecule has 3 N–H and O–H groups in total. The second kappa shape index (κ2) is 7.14. The van der Waals surface area contributed by atoms with E-state index in [9.17, 15) is 27.9 Å². The molecule has 9 heteroatoms. The lowest BCUT2D eigenvalue weighted by molar-refractivity contribution is -0.287. The molecular weight excluding hydrogens is 405 g/mol. The Hall–Kier alpha value is -2.39. The molecule has 1 aromatic carbocycles. The van der Waals surface area contributed by atoms with Gasteiger partial charge < -0.3 is 15.7 Å². The molecule has 2 heterocycles. The largest absolute Gasteiger partial charge is 0.437 e. The standard InChI is InChI=1S/C20H21F3N2O3S/c1-18(2,3)12-8-6-11(7-9-12)15-14(16(26)13-5-4-10-29-13)19(28,20(21,22)23)25-17(27)24-15/h4-10,14-15,28H,1-3H3,(H2,24,25,27)/t14-,15-,19+/m1/s1. The van der Waals surface area contributed by atoms with E-state index in [0.29, 0.717) is 5.56 Å². The number of carbonyl (C=O) groups is 2. The second-order valence-corrected chi connectivity index (χ2v) is 8.98. The monoisotopic (exact) mass is 426 g/mol. The number of aliphatic hydroxyl groups is 1. The van der Waals surface area contributed by atoms with Crippen molar-refractivity contribution in [1.82, 2.24) is 10.6 Å². The van der Waals surface area contributed by atoms with Gasteiger partial charge in [-0.2, -0.15) is 13.2 Å². The van der Waals surface area contributed by atoms with Crippen molar-refractivity contribution in [1.29, 1.82) is 0 Å². The van der Waals surface area contributed by atoms with Crippen molar-refractivity contribution in [3.05, 3.63) is 57.8 Å². The van der Waals surface area contributed by atoms with Crippen molar-refractivity contribution >= 4 is 23.2 Å². The number of alkyl halides is 3.